The second kappa shape index (κ2) is 6.00. The third kappa shape index (κ3) is 3.70. The lowest BCUT2D eigenvalue weighted by atomic mass is 9.87. The summed E-state index contributed by atoms with van der Waals surface area (Å²) in [4.78, 5) is 22.9. The van der Waals surface area contributed by atoms with Crippen molar-refractivity contribution in [3.05, 3.63) is 0 Å². The van der Waals surface area contributed by atoms with E-state index in [4.69, 9.17) is 5.11 Å². The summed E-state index contributed by atoms with van der Waals surface area (Å²) < 4.78 is 0. The van der Waals surface area contributed by atoms with E-state index in [1.807, 2.05) is 6.92 Å². The minimum Gasteiger partial charge on any atom is -0.481 e. The summed E-state index contributed by atoms with van der Waals surface area (Å²) in [5, 5.41) is 15.0. The van der Waals surface area contributed by atoms with Crippen molar-refractivity contribution in [3.63, 3.8) is 0 Å². The second-order valence-electron chi connectivity index (χ2n) is 4.98. The first kappa shape index (κ1) is 14.0. The zero-order chi connectivity index (χ0) is 12.9. The number of carboxylic acids is 1. The molecule has 0 aromatic heterocycles. The average Bonchev–Trinajstić information content (AvgIpc) is 2.36. The van der Waals surface area contributed by atoms with Gasteiger partial charge in [-0.25, -0.2) is 0 Å². The number of rotatable bonds is 5. The molecule has 1 aliphatic heterocycles. The van der Waals surface area contributed by atoms with Crippen LogP contribution in [0.5, 0.6) is 0 Å². The van der Waals surface area contributed by atoms with Crippen LogP contribution in [0.15, 0.2) is 0 Å². The van der Waals surface area contributed by atoms with Crippen LogP contribution in [-0.4, -0.2) is 36.6 Å². The molecule has 5 heteroatoms. The van der Waals surface area contributed by atoms with E-state index < -0.39 is 11.4 Å². The van der Waals surface area contributed by atoms with Crippen LogP contribution in [0.25, 0.3) is 0 Å². The van der Waals surface area contributed by atoms with Crippen LogP contribution in [0.3, 0.4) is 0 Å². The van der Waals surface area contributed by atoms with E-state index in [2.05, 4.69) is 10.6 Å². The number of piperidine rings is 1. The Hall–Kier alpha value is -1.10. The molecule has 1 rings (SSSR count). The number of hydrogen-bond donors (Lipinski definition) is 3. The summed E-state index contributed by atoms with van der Waals surface area (Å²) >= 11 is 0. The van der Waals surface area contributed by atoms with Crippen molar-refractivity contribution in [1.29, 1.82) is 0 Å². The first-order chi connectivity index (χ1) is 7.99. The maximum Gasteiger partial charge on any atom is 0.311 e. The van der Waals surface area contributed by atoms with Crippen molar-refractivity contribution in [3.8, 4) is 0 Å². The number of carbonyl (C=O) groups excluding carboxylic acids is 1. The molecular weight excluding hydrogens is 220 g/mol. The van der Waals surface area contributed by atoms with Gasteiger partial charge in [-0.15, -0.1) is 0 Å². The number of hydrogen-bond acceptors (Lipinski definition) is 3. The van der Waals surface area contributed by atoms with E-state index in [0.717, 1.165) is 19.4 Å². The van der Waals surface area contributed by atoms with E-state index in [1.165, 1.54) is 0 Å². The smallest absolute Gasteiger partial charge is 0.311 e. The standard InChI is InChI=1S/C12H22N2O3/c1-3-12(2,11(16)17)8-14-10(15)9-5-4-6-13-7-9/h9,13H,3-8H2,1-2H3,(H,14,15)(H,16,17)/t9-,12?/m1/s1. The van der Waals surface area contributed by atoms with Crippen molar-refractivity contribution in [2.24, 2.45) is 11.3 Å². The third-order valence-electron chi connectivity index (χ3n) is 3.62. The van der Waals surface area contributed by atoms with Crippen LogP contribution < -0.4 is 10.6 Å². The average molecular weight is 242 g/mol. The minimum atomic E-state index is -0.863. The lowest BCUT2D eigenvalue weighted by Crippen LogP contribution is -2.45. The van der Waals surface area contributed by atoms with Gasteiger partial charge in [0.25, 0.3) is 0 Å². The molecule has 1 unspecified atom stereocenters. The molecule has 1 heterocycles. The van der Waals surface area contributed by atoms with E-state index in [1.54, 1.807) is 6.92 Å². The molecule has 1 fully saturated rings. The molecule has 0 aromatic rings. The Balaban J connectivity index is 2.43. The quantitative estimate of drug-likeness (QED) is 0.660. The highest BCUT2D eigenvalue weighted by molar-refractivity contribution is 5.80. The lowest BCUT2D eigenvalue weighted by molar-refractivity contribution is -0.148. The van der Waals surface area contributed by atoms with Crippen LogP contribution in [0, 0.1) is 11.3 Å². The summed E-state index contributed by atoms with van der Waals surface area (Å²) in [7, 11) is 0. The molecule has 0 bridgehead atoms. The van der Waals surface area contributed by atoms with Crippen molar-refractivity contribution in [2.45, 2.75) is 33.1 Å². The zero-order valence-electron chi connectivity index (χ0n) is 10.6. The van der Waals surface area contributed by atoms with Gasteiger partial charge in [-0.3, -0.25) is 9.59 Å². The third-order valence-corrected chi connectivity index (χ3v) is 3.62. The Morgan fingerprint density at radius 3 is 2.71 bits per heavy atom. The van der Waals surface area contributed by atoms with Crippen LogP contribution in [0.4, 0.5) is 0 Å². The van der Waals surface area contributed by atoms with Crippen molar-refractivity contribution in [2.75, 3.05) is 19.6 Å². The van der Waals surface area contributed by atoms with Crippen LogP contribution >= 0.6 is 0 Å². The Morgan fingerprint density at radius 2 is 2.24 bits per heavy atom. The van der Waals surface area contributed by atoms with Crippen molar-refractivity contribution >= 4 is 11.9 Å². The molecule has 0 saturated carbocycles. The van der Waals surface area contributed by atoms with Crippen molar-refractivity contribution in [1.82, 2.24) is 10.6 Å². The molecule has 0 aromatic carbocycles. The summed E-state index contributed by atoms with van der Waals surface area (Å²) in [6.45, 7) is 5.35. The normalized spacial score (nSPS) is 23.8. The Kier molecular flexibility index (Phi) is 4.93. The highest BCUT2D eigenvalue weighted by Crippen LogP contribution is 2.20. The molecule has 98 valence electrons. The van der Waals surface area contributed by atoms with Gasteiger partial charge >= 0.3 is 5.97 Å². The zero-order valence-corrected chi connectivity index (χ0v) is 10.6. The Morgan fingerprint density at radius 1 is 1.53 bits per heavy atom. The molecule has 1 amide bonds. The molecular formula is C12H22N2O3. The van der Waals surface area contributed by atoms with Gasteiger partial charge in [0, 0.05) is 13.1 Å². The molecule has 0 spiro atoms. The second-order valence-corrected chi connectivity index (χ2v) is 4.98. The number of carboxylic acid groups (broad SMARTS) is 1. The number of carbonyl (C=O) groups is 2. The monoisotopic (exact) mass is 242 g/mol. The van der Waals surface area contributed by atoms with Gasteiger partial charge in [0.15, 0.2) is 0 Å². The predicted octanol–water partition coefficient (Wildman–Crippen LogP) is 0.603. The van der Waals surface area contributed by atoms with Crippen LogP contribution in [0.1, 0.15) is 33.1 Å². The van der Waals surface area contributed by atoms with Gasteiger partial charge in [-0.05, 0) is 32.7 Å². The maximum atomic E-state index is 11.8. The van der Waals surface area contributed by atoms with Gasteiger partial charge in [0.1, 0.15) is 0 Å². The van der Waals surface area contributed by atoms with Gasteiger partial charge in [0.2, 0.25) is 5.91 Å². The predicted molar refractivity (Wildman–Crippen MR) is 64.6 cm³/mol. The summed E-state index contributed by atoms with van der Waals surface area (Å²) in [6, 6.07) is 0. The minimum absolute atomic E-state index is 0.0151. The maximum absolute atomic E-state index is 11.8. The Bertz CT molecular complexity index is 287. The summed E-state index contributed by atoms with van der Waals surface area (Å²) in [6.07, 6.45) is 2.39. The lowest BCUT2D eigenvalue weighted by Gasteiger charge is -2.26. The number of amides is 1. The molecule has 17 heavy (non-hydrogen) atoms. The summed E-state index contributed by atoms with van der Waals surface area (Å²) in [5.41, 5.74) is -0.863. The molecule has 2 atom stereocenters. The highest BCUT2D eigenvalue weighted by atomic mass is 16.4. The molecule has 0 radical (unpaired) electrons. The van der Waals surface area contributed by atoms with Gasteiger partial charge in [0.05, 0.1) is 11.3 Å². The fourth-order valence-corrected chi connectivity index (χ4v) is 1.85. The number of aliphatic carboxylic acids is 1. The molecule has 5 nitrogen and oxygen atoms in total. The largest absolute Gasteiger partial charge is 0.481 e. The van der Waals surface area contributed by atoms with Gasteiger partial charge in [-0.2, -0.15) is 0 Å². The topological polar surface area (TPSA) is 78.4 Å². The molecule has 1 saturated heterocycles. The first-order valence-electron chi connectivity index (χ1n) is 6.21. The SMILES string of the molecule is CCC(C)(CNC(=O)[C@@H]1CCCNC1)C(=O)O. The number of nitrogens with one attached hydrogen (secondary N) is 2. The van der Waals surface area contributed by atoms with Crippen molar-refractivity contribution < 1.29 is 14.7 Å². The molecule has 0 aliphatic carbocycles. The Labute approximate surface area is 102 Å². The van der Waals surface area contributed by atoms with E-state index in [-0.39, 0.29) is 18.4 Å². The molecule has 1 aliphatic rings. The van der Waals surface area contributed by atoms with E-state index in [0.29, 0.717) is 13.0 Å². The fourth-order valence-electron chi connectivity index (χ4n) is 1.85. The van der Waals surface area contributed by atoms with E-state index in [9.17, 15) is 9.59 Å². The van der Waals surface area contributed by atoms with Gasteiger partial charge < -0.3 is 15.7 Å². The van der Waals surface area contributed by atoms with Crippen LogP contribution in [0.2, 0.25) is 0 Å². The fraction of sp³-hybridized carbons (Fsp3) is 0.833. The van der Waals surface area contributed by atoms with Crippen LogP contribution in [-0.2, 0) is 9.59 Å². The highest BCUT2D eigenvalue weighted by Gasteiger charge is 2.32. The van der Waals surface area contributed by atoms with E-state index >= 15 is 0 Å². The summed E-state index contributed by atoms with van der Waals surface area (Å²) in [5.74, 6) is -0.904. The van der Waals surface area contributed by atoms with Gasteiger partial charge in [-0.1, -0.05) is 6.92 Å². The molecule has 3 N–H and O–H groups in total. The first-order valence-corrected chi connectivity index (χ1v) is 6.21.